The van der Waals surface area contributed by atoms with Gasteiger partial charge in [0, 0.05) is 19.8 Å². The van der Waals surface area contributed by atoms with Crippen LogP contribution in [0.2, 0.25) is 0 Å². The van der Waals surface area contributed by atoms with Crippen molar-refractivity contribution < 1.29 is 0 Å². The molecule has 0 unspecified atom stereocenters. The van der Waals surface area contributed by atoms with Crippen molar-refractivity contribution in [2.45, 2.75) is 13.8 Å². The second-order valence-corrected chi connectivity index (χ2v) is 5.80. The summed E-state index contributed by atoms with van der Waals surface area (Å²) in [6.45, 7) is 3.72. The van der Waals surface area contributed by atoms with E-state index in [4.69, 9.17) is 0 Å². The van der Waals surface area contributed by atoms with Gasteiger partial charge in [-0.2, -0.15) is 0 Å². The maximum atomic E-state index is 12.3. The maximum absolute atomic E-state index is 12.3. The first-order chi connectivity index (χ1) is 11.4. The minimum Gasteiger partial charge on any atom is -0.343 e. The summed E-state index contributed by atoms with van der Waals surface area (Å²) >= 11 is 0. The Morgan fingerprint density at radius 2 is 1.83 bits per heavy atom. The highest BCUT2D eigenvalue weighted by atomic mass is 16.2. The molecule has 0 spiro atoms. The number of fused-ring (bicyclic) bond motifs is 2. The van der Waals surface area contributed by atoms with Crippen LogP contribution < -0.4 is 11.2 Å². The third-order valence-electron chi connectivity index (χ3n) is 4.08. The molecule has 0 radical (unpaired) electrons. The summed E-state index contributed by atoms with van der Waals surface area (Å²) in [4.78, 5) is 40.8. The fourth-order valence-electron chi connectivity index (χ4n) is 2.95. The van der Waals surface area contributed by atoms with Crippen molar-refractivity contribution in [3.63, 3.8) is 0 Å². The van der Waals surface area contributed by atoms with E-state index in [0.29, 0.717) is 22.9 Å². The Balaban J connectivity index is 2.20. The van der Waals surface area contributed by atoms with Gasteiger partial charge in [0.2, 0.25) is 0 Å². The number of aromatic nitrogens is 7. The van der Waals surface area contributed by atoms with E-state index in [9.17, 15) is 9.59 Å². The van der Waals surface area contributed by atoms with Gasteiger partial charge >= 0.3 is 5.69 Å². The van der Waals surface area contributed by atoms with Gasteiger partial charge in [-0.1, -0.05) is 0 Å². The molecule has 1 N–H and O–H groups in total. The zero-order valence-electron chi connectivity index (χ0n) is 13.7. The largest absolute Gasteiger partial charge is 0.343 e. The molecule has 0 saturated heterocycles. The van der Waals surface area contributed by atoms with E-state index in [-0.39, 0.29) is 5.52 Å². The Kier molecular flexibility index (Phi) is 2.77. The van der Waals surface area contributed by atoms with Crippen molar-refractivity contribution >= 4 is 22.2 Å². The number of hydrogen-bond donors (Lipinski definition) is 1. The minimum absolute atomic E-state index is 0.219. The van der Waals surface area contributed by atoms with E-state index >= 15 is 0 Å². The highest BCUT2D eigenvalue weighted by Crippen LogP contribution is 2.22. The van der Waals surface area contributed by atoms with Crippen LogP contribution in [0.3, 0.4) is 0 Å². The standard InChI is InChI=1S/C15H15N7O2/c1-7-5-9-11(17-7)18-8(2)19-12(9)22-6-16-10-13(22)20(3)15(24)21(4)14(10)23/h5-6H,1-4H3,(H,17,18,19). The van der Waals surface area contributed by atoms with Gasteiger partial charge in [-0.05, 0) is 19.9 Å². The lowest BCUT2D eigenvalue weighted by Crippen LogP contribution is -2.37. The highest BCUT2D eigenvalue weighted by Gasteiger charge is 2.18. The van der Waals surface area contributed by atoms with Crippen molar-refractivity contribution in [2.75, 3.05) is 0 Å². The predicted octanol–water partition coefficient (Wildman–Crippen LogP) is 0.311. The second kappa shape index (κ2) is 4.63. The third kappa shape index (κ3) is 1.78. The Bertz CT molecular complexity index is 1240. The molecule has 0 aliphatic carbocycles. The van der Waals surface area contributed by atoms with Crippen molar-refractivity contribution in [1.82, 2.24) is 33.6 Å². The third-order valence-corrected chi connectivity index (χ3v) is 4.08. The van der Waals surface area contributed by atoms with Gasteiger partial charge in [-0.25, -0.2) is 19.7 Å². The molecule has 0 atom stereocenters. The van der Waals surface area contributed by atoms with Crippen LogP contribution in [0, 0.1) is 13.8 Å². The number of nitrogens with zero attached hydrogens (tertiary/aromatic N) is 6. The lowest BCUT2D eigenvalue weighted by Gasteiger charge is -2.09. The molecule has 9 heteroatoms. The van der Waals surface area contributed by atoms with E-state index in [1.54, 1.807) is 18.5 Å². The molecule has 4 heterocycles. The molecule has 122 valence electrons. The molecule has 0 aromatic carbocycles. The second-order valence-electron chi connectivity index (χ2n) is 5.80. The van der Waals surface area contributed by atoms with Crippen molar-refractivity contribution in [1.29, 1.82) is 0 Å². The van der Waals surface area contributed by atoms with Gasteiger partial charge in [-0.3, -0.25) is 18.5 Å². The predicted molar refractivity (Wildman–Crippen MR) is 88.5 cm³/mol. The average molecular weight is 325 g/mol. The molecule has 0 fully saturated rings. The molecule has 4 aromatic rings. The summed E-state index contributed by atoms with van der Waals surface area (Å²) in [5.74, 6) is 1.16. The highest BCUT2D eigenvalue weighted by molar-refractivity contribution is 5.86. The van der Waals surface area contributed by atoms with Crippen LogP contribution in [0.25, 0.3) is 28.0 Å². The number of aromatic amines is 1. The summed E-state index contributed by atoms with van der Waals surface area (Å²) < 4.78 is 4.09. The summed E-state index contributed by atoms with van der Waals surface area (Å²) in [5, 5.41) is 0.797. The summed E-state index contributed by atoms with van der Waals surface area (Å²) in [6, 6.07) is 1.93. The molecule has 4 aromatic heterocycles. The topological polar surface area (TPSA) is 103 Å². The SMILES string of the molecule is Cc1nc(-n2cnc3c(=O)n(C)c(=O)n(C)c32)c2cc(C)[nH]c2n1. The molecule has 4 rings (SSSR count). The van der Waals surface area contributed by atoms with Crippen LogP contribution in [0.15, 0.2) is 22.0 Å². The van der Waals surface area contributed by atoms with Crippen molar-refractivity contribution in [2.24, 2.45) is 14.1 Å². The number of hydrogen-bond acceptors (Lipinski definition) is 5. The Morgan fingerprint density at radius 3 is 2.58 bits per heavy atom. The van der Waals surface area contributed by atoms with Gasteiger partial charge < -0.3 is 4.98 Å². The molecule has 0 aliphatic heterocycles. The molecule has 0 bridgehead atoms. The lowest BCUT2D eigenvalue weighted by atomic mass is 10.3. The van der Waals surface area contributed by atoms with Gasteiger partial charge in [0.1, 0.15) is 17.8 Å². The molecule has 9 nitrogen and oxygen atoms in total. The van der Waals surface area contributed by atoms with Crippen LogP contribution >= 0.6 is 0 Å². The smallest absolute Gasteiger partial charge is 0.332 e. The molecule has 0 amide bonds. The van der Waals surface area contributed by atoms with Crippen LogP contribution in [-0.2, 0) is 14.1 Å². The Morgan fingerprint density at radius 1 is 1.08 bits per heavy atom. The summed E-state index contributed by atoms with van der Waals surface area (Å²) in [5.41, 5.74) is 1.42. The zero-order chi connectivity index (χ0) is 17.2. The van der Waals surface area contributed by atoms with Crippen LogP contribution in [0.4, 0.5) is 0 Å². The van der Waals surface area contributed by atoms with Crippen LogP contribution in [0.5, 0.6) is 0 Å². The van der Waals surface area contributed by atoms with Crippen LogP contribution in [-0.4, -0.2) is 33.6 Å². The van der Waals surface area contributed by atoms with Crippen LogP contribution in [0.1, 0.15) is 11.5 Å². The first-order valence-electron chi connectivity index (χ1n) is 7.36. The van der Waals surface area contributed by atoms with Gasteiger partial charge in [0.05, 0.1) is 5.39 Å². The van der Waals surface area contributed by atoms with E-state index in [1.165, 1.54) is 17.9 Å². The van der Waals surface area contributed by atoms with E-state index in [1.807, 2.05) is 13.0 Å². The van der Waals surface area contributed by atoms with Gasteiger partial charge in [0.25, 0.3) is 5.56 Å². The monoisotopic (exact) mass is 325 g/mol. The number of imidazole rings is 1. The fraction of sp³-hybridized carbons (Fsp3) is 0.267. The fourth-order valence-corrected chi connectivity index (χ4v) is 2.95. The van der Waals surface area contributed by atoms with E-state index in [0.717, 1.165) is 15.6 Å². The molecule has 0 aliphatic rings. The number of nitrogens with one attached hydrogen (secondary N) is 1. The number of aryl methyl sites for hydroxylation is 3. The number of H-pyrrole nitrogens is 1. The lowest BCUT2D eigenvalue weighted by molar-refractivity contribution is 0.703. The first kappa shape index (κ1) is 14.4. The molecule has 0 saturated carbocycles. The van der Waals surface area contributed by atoms with Gasteiger partial charge in [0.15, 0.2) is 17.0 Å². The minimum atomic E-state index is -0.431. The first-order valence-corrected chi connectivity index (χ1v) is 7.36. The Labute approximate surface area is 135 Å². The number of rotatable bonds is 1. The summed E-state index contributed by atoms with van der Waals surface area (Å²) in [6.07, 6.45) is 1.51. The van der Waals surface area contributed by atoms with E-state index < -0.39 is 11.2 Å². The zero-order valence-corrected chi connectivity index (χ0v) is 13.7. The van der Waals surface area contributed by atoms with Crippen molar-refractivity contribution in [3.8, 4) is 5.82 Å². The summed E-state index contributed by atoms with van der Waals surface area (Å²) in [7, 11) is 3.04. The average Bonchev–Trinajstić information content (AvgIpc) is 3.13. The molecule has 24 heavy (non-hydrogen) atoms. The molecular weight excluding hydrogens is 310 g/mol. The normalized spacial score (nSPS) is 11.7. The molecular formula is C15H15N7O2. The van der Waals surface area contributed by atoms with Gasteiger partial charge in [-0.15, -0.1) is 0 Å². The van der Waals surface area contributed by atoms with E-state index in [2.05, 4.69) is 19.9 Å². The Hall–Kier alpha value is -3.23. The van der Waals surface area contributed by atoms with Crippen molar-refractivity contribution in [3.05, 3.63) is 44.8 Å². The maximum Gasteiger partial charge on any atom is 0.332 e. The quantitative estimate of drug-likeness (QED) is 0.542.